The second kappa shape index (κ2) is 7.26. The van der Waals surface area contributed by atoms with Crippen molar-refractivity contribution < 1.29 is 0 Å². The molecule has 0 N–H and O–H groups in total. The first-order chi connectivity index (χ1) is 7.22. The lowest BCUT2D eigenvalue weighted by Crippen LogP contribution is -1.77. The molecule has 0 saturated heterocycles. The van der Waals surface area contributed by atoms with Crippen LogP contribution >= 0.6 is 44.7 Å². The summed E-state index contributed by atoms with van der Waals surface area (Å²) >= 11 is 3.16. The zero-order chi connectivity index (χ0) is 11.1. The fourth-order valence-corrected chi connectivity index (χ4v) is 3.12. The van der Waals surface area contributed by atoms with Crippen LogP contribution in [-0.4, -0.2) is 27.0 Å². The third kappa shape index (κ3) is 5.55. The summed E-state index contributed by atoms with van der Waals surface area (Å²) in [6, 6.07) is 0. The normalized spacial score (nSPS) is 12.6. The first-order valence-corrected chi connectivity index (χ1v) is 8.21. The van der Waals surface area contributed by atoms with Crippen molar-refractivity contribution in [1.82, 2.24) is 10.2 Å². The first-order valence-electron chi connectivity index (χ1n) is 3.96. The minimum Gasteiger partial charge on any atom is -0.151 e. The van der Waals surface area contributed by atoms with E-state index in [1.54, 1.807) is 28.6 Å². The van der Waals surface area contributed by atoms with Gasteiger partial charge in [-0.3, -0.25) is 0 Å². The molecule has 0 atom stereocenters. The molecule has 0 spiro atoms. The fraction of sp³-hybridized carbons (Fsp3) is 0.429. The molecule has 0 aliphatic rings. The molecule has 1 aromatic heterocycles. The quantitative estimate of drug-likeness (QED) is 0.366. The van der Waals surface area contributed by atoms with Crippen LogP contribution in [0.3, 0.4) is 0 Å². The third-order valence-electron chi connectivity index (χ3n) is 1.21. The lowest BCUT2D eigenvalue weighted by molar-refractivity contribution is 0.986. The highest BCUT2D eigenvalue weighted by Gasteiger charge is 1.99. The minimum absolute atomic E-state index is 0.939. The summed E-state index contributed by atoms with van der Waals surface area (Å²) in [5.41, 5.74) is 1.70. The minimum atomic E-state index is 0.939. The van der Waals surface area contributed by atoms with Gasteiger partial charge in [0.25, 0.3) is 0 Å². The van der Waals surface area contributed by atoms with Crippen LogP contribution in [0.2, 0.25) is 0 Å². The Hall–Kier alpha value is -0.0500. The predicted octanol–water partition coefficient (Wildman–Crippen LogP) is 3.31. The van der Waals surface area contributed by atoms with Crippen LogP contribution in [0, 0.1) is 6.92 Å². The Morgan fingerprint density at radius 3 is 2.87 bits per heavy atom. The standard InChI is InChI=1S/C7H10N4S4/c1-5(12-3)9-8-4-13-15-7-11-10-6(2)14-7/h4H,1-3H3/b8-4+,9-5-. The highest BCUT2D eigenvalue weighted by molar-refractivity contribution is 8.81. The second-order valence-electron chi connectivity index (χ2n) is 2.31. The molecule has 82 valence electrons. The number of hydrogen-bond acceptors (Lipinski definition) is 8. The van der Waals surface area contributed by atoms with Gasteiger partial charge in [-0.2, -0.15) is 5.10 Å². The van der Waals surface area contributed by atoms with Crippen LogP contribution in [0.4, 0.5) is 0 Å². The summed E-state index contributed by atoms with van der Waals surface area (Å²) < 4.78 is 0.939. The number of hydrogen-bond donors (Lipinski definition) is 0. The third-order valence-corrected chi connectivity index (χ3v) is 4.85. The van der Waals surface area contributed by atoms with Gasteiger partial charge < -0.3 is 0 Å². The Bertz CT molecular complexity index is 360. The fourth-order valence-electron chi connectivity index (χ4n) is 0.540. The van der Waals surface area contributed by atoms with Gasteiger partial charge in [-0.05, 0) is 41.7 Å². The number of rotatable bonds is 4. The van der Waals surface area contributed by atoms with Crippen molar-refractivity contribution >= 4 is 55.3 Å². The lowest BCUT2D eigenvalue weighted by Gasteiger charge is -1.88. The molecule has 0 amide bonds. The molecule has 0 aromatic carbocycles. The monoisotopic (exact) mass is 278 g/mol. The lowest BCUT2D eigenvalue weighted by atomic mass is 10.9. The van der Waals surface area contributed by atoms with Gasteiger partial charge in [0.2, 0.25) is 0 Å². The summed E-state index contributed by atoms with van der Waals surface area (Å²) in [7, 11) is 3.03. The molecule has 8 heteroatoms. The molecule has 0 unspecified atom stereocenters. The van der Waals surface area contributed by atoms with E-state index in [1.165, 1.54) is 21.6 Å². The smallest absolute Gasteiger partial charge is 0.151 e. The van der Waals surface area contributed by atoms with Crippen molar-refractivity contribution in [2.24, 2.45) is 10.2 Å². The molecule has 1 rings (SSSR count). The Labute approximate surface area is 105 Å². The van der Waals surface area contributed by atoms with Gasteiger partial charge in [-0.25, -0.2) is 0 Å². The maximum atomic E-state index is 3.97. The average Bonchev–Trinajstić information content (AvgIpc) is 2.63. The van der Waals surface area contributed by atoms with Crippen molar-refractivity contribution in [3.8, 4) is 0 Å². The van der Waals surface area contributed by atoms with Gasteiger partial charge in [-0.1, -0.05) is 11.3 Å². The van der Waals surface area contributed by atoms with Crippen LogP contribution in [0.1, 0.15) is 11.9 Å². The highest BCUT2D eigenvalue weighted by Crippen LogP contribution is 2.31. The van der Waals surface area contributed by atoms with Crippen molar-refractivity contribution in [1.29, 1.82) is 0 Å². The van der Waals surface area contributed by atoms with E-state index in [2.05, 4.69) is 20.4 Å². The first kappa shape index (κ1) is 13.0. The average molecular weight is 278 g/mol. The van der Waals surface area contributed by atoms with E-state index in [-0.39, 0.29) is 0 Å². The molecule has 0 radical (unpaired) electrons. The van der Waals surface area contributed by atoms with Gasteiger partial charge in [-0.15, -0.1) is 27.1 Å². The van der Waals surface area contributed by atoms with Gasteiger partial charge in [0.1, 0.15) is 5.01 Å². The van der Waals surface area contributed by atoms with Crippen LogP contribution < -0.4 is 0 Å². The largest absolute Gasteiger partial charge is 0.185 e. The summed E-state index contributed by atoms with van der Waals surface area (Å²) in [4.78, 5) is 0. The molecule has 0 aliphatic heterocycles. The van der Waals surface area contributed by atoms with Gasteiger partial charge in [0, 0.05) is 0 Å². The maximum absolute atomic E-state index is 3.97. The Morgan fingerprint density at radius 1 is 1.47 bits per heavy atom. The molecule has 0 aliphatic carbocycles. The maximum Gasteiger partial charge on any atom is 0.185 e. The van der Waals surface area contributed by atoms with Crippen LogP contribution in [0.25, 0.3) is 0 Å². The van der Waals surface area contributed by atoms with Gasteiger partial charge in [0.05, 0.1) is 10.6 Å². The Morgan fingerprint density at radius 2 is 2.27 bits per heavy atom. The number of aryl methyl sites for hydroxylation is 1. The number of aromatic nitrogens is 2. The van der Waals surface area contributed by atoms with Crippen molar-refractivity contribution in [3.05, 3.63) is 5.01 Å². The summed E-state index contributed by atoms with van der Waals surface area (Å²) in [5.74, 6) is 0. The van der Waals surface area contributed by atoms with E-state index < -0.39 is 0 Å². The molecule has 0 saturated carbocycles. The summed E-state index contributed by atoms with van der Waals surface area (Å²) in [6.07, 6.45) is 1.97. The van der Waals surface area contributed by atoms with E-state index >= 15 is 0 Å². The molecule has 1 aromatic rings. The molecular formula is C7H10N4S4. The number of nitrogens with zero attached hydrogens (tertiary/aromatic N) is 4. The number of thioether (sulfide) groups is 1. The summed E-state index contributed by atoms with van der Waals surface area (Å²) in [6.45, 7) is 3.86. The van der Waals surface area contributed by atoms with E-state index in [4.69, 9.17) is 0 Å². The topological polar surface area (TPSA) is 50.5 Å². The van der Waals surface area contributed by atoms with Crippen molar-refractivity contribution in [2.45, 2.75) is 18.2 Å². The van der Waals surface area contributed by atoms with Gasteiger partial charge >= 0.3 is 0 Å². The van der Waals surface area contributed by atoms with Crippen molar-refractivity contribution in [2.75, 3.05) is 6.26 Å². The SMILES string of the molecule is CS/C(C)=N\N=C\SSc1nnc(C)s1. The Kier molecular flexibility index (Phi) is 6.30. The molecule has 15 heavy (non-hydrogen) atoms. The molecule has 4 nitrogen and oxygen atoms in total. The van der Waals surface area contributed by atoms with Crippen LogP contribution in [0.5, 0.6) is 0 Å². The van der Waals surface area contributed by atoms with E-state index in [0.717, 1.165) is 14.4 Å². The predicted molar refractivity (Wildman–Crippen MR) is 73.2 cm³/mol. The molecule has 0 bridgehead atoms. The van der Waals surface area contributed by atoms with Crippen LogP contribution in [-0.2, 0) is 0 Å². The van der Waals surface area contributed by atoms with Crippen molar-refractivity contribution in [3.63, 3.8) is 0 Å². The Balaban J connectivity index is 2.27. The molecule has 0 fully saturated rings. The molecule has 1 heterocycles. The van der Waals surface area contributed by atoms with Gasteiger partial charge in [0.15, 0.2) is 4.34 Å². The summed E-state index contributed by atoms with van der Waals surface area (Å²) in [5, 5.41) is 17.7. The second-order valence-corrected chi connectivity index (χ2v) is 6.78. The van der Waals surface area contributed by atoms with E-state index in [9.17, 15) is 0 Å². The zero-order valence-corrected chi connectivity index (χ0v) is 11.8. The van der Waals surface area contributed by atoms with E-state index in [0.29, 0.717) is 0 Å². The van der Waals surface area contributed by atoms with E-state index in [1.807, 2.05) is 20.1 Å². The highest BCUT2D eigenvalue weighted by atomic mass is 33.1. The molecular weight excluding hydrogens is 268 g/mol. The van der Waals surface area contributed by atoms with Crippen LogP contribution in [0.15, 0.2) is 14.5 Å². The zero-order valence-electron chi connectivity index (χ0n) is 8.50.